The molecule has 2 aromatic heterocycles. The van der Waals surface area contributed by atoms with Crippen molar-refractivity contribution in [3.8, 4) is 5.88 Å². The topological polar surface area (TPSA) is 103 Å². The summed E-state index contributed by atoms with van der Waals surface area (Å²) in [5.74, 6) is -0.725. The van der Waals surface area contributed by atoms with E-state index in [4.69, 9.17) is 15.6 Å². The minimum atomic E-state index is -1.09. The van der Waals surface area contributed by atoms with Crippen LogP contribution in [0.4, 0.5) is 5.82 Å². The first-order chi connectivity index (χ1) is 7.13. The minimum absolute atomic E-state index is 0.0115. The molecule has 0 unspecified atom stereocenters. The number of ether oxygens (including phenoxy) is 1. The lowest BCUT2D eigenvalue weighted by molar-refractivity contribution is 0.0689. The van der Waals surface area contributed by atoms with Gasteiger partial charge in [-0.25, -0.2) is 9.78 Å². The second-order valence-electron chi connectivity index (χ2n) is 2.81. The molecule has 78 valence electrons. The standard InChI is InChI=1S/C8H8N4O3/c1-15-5-3-12-4(8(13)14)2-10-7(12)6(9)11-5/h2-3H,1H3,(H2,9,11)(H,13,14). The van der Waals surface area contributed by atoms with E-state index in [1.165, 1.54) is 23.9 Å². The van der Waals surface area contributed by atoms with Gasteiger partial charge in [0.2, 0.25) is 5.88 Å². The molecule has 7 nitrogen and oxygen atoms in total. The third-order valence-electron chi connectivity index (χ3n) is 1.92. The number of imidazole rings is 1. The van der Waals surface area contributed by atoms with E-state index < -0.39 is 5.97 Å². The number of carboxylic acids is 1. The number of carbonyl (C=O) groups is 1. The fourth-order valence-electron chi connectivity index (χ4n) is 1.25. The van der Waals surface area contributed by atoms with Gasteiger partial charge in [0, 0.05) is 0 Å². The third kappa shape index (κ3) is 1.33. The van der Waals surface area contributed by atoms with Crippen LogP contribution < -0.4 is 10.5 Å². The molecule has 0 atom stereocenters. The summed E-state index contributed by atoms with van der Waals surface area (Å²) < 4.78 is 6.20. The molecule has 0 fully saturated rings. The summed E-state index contributed by atoms with van der Waals surface area (Å²) in [5.41, 5.74) is 5.89. The lowest BCUT2D eigenvalue weighted by Crippen LogP contribution is -2.05. The molecule has 7 heteroatoms. The zero-order valence-corrected chi connectivity index (χ0v) is 7.84. The minimum Gasteiger partial charge on any atom is -0.480 e. The molecule has 0 spiro atoms. The number of anilines is 1. The highest BCUT2D eigenvalue weighted by molar-refractivity contribution is 5.87. The zero-order valence-electron chi connectivity index (χ0n) is 7.84. The van der Waals surface area contributed by atoms with Gasteiger partial charge in [-0.15, -0.1) is 0 Å². The molecular weight excluding hydrogens is 200 g/mol. The highest BCUT2D eigenvalue weighted by Crippen LogP contribution is 2.16. The SMILES string of the molecule is COc1cn2c(C(=O)O)cnc2c(N)n1. The second-order valence-corrected chi connectivity index (χ2v) is 2.81. The Morgan fingerprint density at radius 2 is 2.40 bits per heavy atom. The summed E-state index contributed by atoms with van der Waals surface area (Å²) in [6.07, 6.45) is 2.64. The molecule has 0 radical (unpaired) electrons. The van der Waals surface area contributed by atoms with E-state index in [2.05, 4.69) is 9.97 Å². The normalized spacial score (nSPS) is 10.5. The first kappa shape index (κ1) is 9.25. The highest BCUT2D eigenvalue weighted by atomic mass is 16.5. The van der Waals surface area contributed by atoms with Gasteiger partial charge in [-0.2, -0.15) is 4.98 Å². The van der Waals surface area contributed by atoms with Gasteiger partial charge in [-0.1, -0.05) is 0 Å². The van der Waals surface area contributed by atoms with Crippen LogP contribution in [0.2, 0.25) is 0 Å². The largest absolute Gasteiger partial charge is 0.480 e. The number of carboxylic acid groups (broad SMARTS) is 1. The van der Waals surface area contributed by atoms with Gasteiger partial charge in [-0.3, -0.25) is 4.40 Å². The number of aromatic carboxylic acids is 1. The van der Waals surface area contributed by atoms with Crippen molar-refractivity contribution < 1.29 is 14.6 Å². The predicted molar refractivity (Wildman–Crippen MR) is 50.9 cm³/mol. The molecule has 2 heterocycles. The fourth-order valence-corrected chi connectivity index (χ4v) is 1.25. The van der Waals surface area contributed by atoms with Crippen LogP contribution in [0, 0.1) is 0 Å². The van der Waals surface area contributed by atoms with Crippen LogP contribution in [0.5, 0.6) is 5.88 Å². The van der Waals surface area contributed by atoms with Crippen LogP contribution in [0.15, 0.2) is 12.4 Å². The summed E-state index contributed by atoms with van der Waals surface area (Å²) in [6.45, 7) is 0. The van der Waals surface area contributed by atoms with Crippen molar-refractivity contribution in [2.75, 3.05) is 12.8 Å². The van der Waals surface area contributed by atoms with Gasteiger partial charge < -0.3 is 15.6 Å². The van der Waals surface area contributed by atoms with E-state index in [1.54, 1.807) is 0 Å². The third-order valence-corrected chi connectivity index (χ3v) is 1.92. The molecule has 0 aliphatic carbocycles. The number of nitrogens with zero attached hydrogens (tertiary/aromatic N) is 3. The van der Waals surface area contributed by atoms with Crippen molar-refractivity contribution in [3.63, 3.8) is 0 Å². The van der Waals surface area contributed by atoms with Crippen LogP contribution in [0.25, 0.3) is 5.65 Å². The van der Waals surface area contributed by atoms with Crippen molar-refractivity contribution in [1.29, 1.82) is 0 Å². The zero-order chi connectivity index (χ0) is 11.0. The Kier molecular flexibility index (Phi) is 1.93. The van der Waals surface area contributed by atoms with Gasteiger partial charge in [0.15, 0.2) is 17.2 Å². The molecule has 0 amide bonds. The number of fused-ring (bicyclic) bond motifs is 1. The molecule has 0 saturated carbocycles. The van der Waals surface area contributed by atoms with Crippen LogP contribution >= 0.6 is 0 Å². The summed E-state index contributed by atoms with van der Waals surface area (Å²) in [7, 11) is 1.42. The summed E-state index contributed by atoms with van der Waals surface area (Å²) in [4.78, 5) is 18.5. The molecule has 0 aromatic carbocycles. The number of hydrogen-bond donors (Lipinski definition) is 2. The summed E-state index contributed by atoms with van der Waals surface area (Å²) in [6, 6.07) is 0. The Labute approximate surface area is 84.1 Å². The van der Waals surface area contributed by atoms with Crippen molar-refractivity contribution >= 4 is 17.4 Å². The van der Waals surface area contributed by atoms with Crippen LogP contribution in [0.1, 0.15) is 10.5 Å². The maximum atomic E-state index is 10.8. The van der Waals surface area contributed by atoms with E-state index in [0.717, 1.165) is 0 Å². The molecule has 0 aliphatic rings. The lowest BCUT2D eigenvalue weighted by atomic mass is 10.5. The Morgan fingerprint density at radius 1 is 1.67 bits per heavy atom. The molecule has 3 N–H and O–H groups in total. The first-order valence-corrected chi connectivity index (χ1v) is 4.04. The van der Waals surface area contributed by atoms with Crippen molar-refractivity contribution in [1.82, 2.24) is 14.4 Å². The number of aromatic nitrogens is 3. The maximum Gasteiger partial charge on any atom is 0.354 e. The number of nitrogens with two attached hydrogens (primary N) is 1. The smallest absolute Gasteiger partial charge is 0.354 e. The molecule has 0 saturated heterocycles. The quantitative estimate of drug-likeness (QED) is 0.721. The predicted octanol–water partition coefficient (Wildman–Crippen LogP) is 0.0183. The Bertz CT molecular complexity index is 534. The molecular formula is C8H8N4O3. The molecule has 2 aromatic rings. The van der Waals surface area contributed by atoms with E-state index in [-0.39, 0.29) is 17.4 Å². The average molecular weight is 208 g/mol. The van der Waals surface area contributed by atoms with E-state index in [9.17, 15) is 4.79 Å². The lowest BCUT2D eigenvalue weighted by Gasteiger charge is -2.03. The number of nitrogen functional groups attached to an aromatic ring is 1. The van der Waals surface area contributed by atoms with Gasteiger partial charge in [-0.05, 0) is 0 Å². The summed E-state index contributed by atoms with van der Waals surface area (Å²) in [5, 5.41) is 8.86. The monoisotopic (exact) mass is 208 g/mol. The van der Waals surface area contributed by atoms with E-state index >= 15 is 0 Å². The summed E-state index contributed by atoms with van der Waals surface area (Å²) >= 11 is 0. The molecule has 2 rings (SSSR count). The number of hydrogen-bond acceptors (Lipinski definition) is 5. The fraction of sp³-hybridized carbons (Fsp3) is 0.125. The van der Waals surface area contributed by atoms with Gasteiger partial charge in [0.05, 0.1) is 19.5 Å². The Balaban J connectivity index is 2.78. The van der Waals surface area contributed by atoms with Gasteiger partial charge in [0.25, 0.3) is 0 Å². The van der Waals surface area contributed by atoms with Gasteiger partial charge >= 0.3 is 5.97 Å². The van der Waals surface area contributed by atoms with Gasteiger partial charge in [0.1, 0.15) is 0 Å². The van der Waals surface area contributed by atoms with Crippen LogP contribution in [-0.4, -0.2) is 32.6 Å². The average Bonchev–Trinajstić information content (AvgIpc) is 2.61. The Morgan fingerprint density at radius 3 is 3.00 bits per heavy atom. The van der Waals surface area contributed by atoms with Crippen LogP contribution in [0.3, 0.4) is 0 Å². The first-order valence-electron chi connectivity index (χ1n) is 4.04. The second kappa shape index (κ2) is 3.12. The molecule has 15 heavy (non-hydrogen) atoms. The molecule has 0 bridgehead atoms. The Hall–Kier alpha value is -2.31. The highest BCUT2D eigenvalue weighted by Gasteiger charge is 2.13. The van der Waals surface area contributed by atoms with Crippen molar-refractivity contribution in [3.05, 3.63) is 18.1 Å². The van der Waals surface area contributed by atoms with Crippen LogP contribution in [-0.2, 0) is 0 Å². The maximum absolute atomic E-state index is 10.8. The number of methoxy groups -OCH3 is 1. The number of rotatable bonds is 2. The molecule has 0 aliphatic heterocycles. The van der Waals surface area contributed by atoms with Crippen molar-refractivity contribution in [2.24, 2.45) is 0 Å². The van der Waals surface area contributed by atoms with Crippen molar-refractivity contribution in [2.45, 2.75) is 0 Å². The van der Waals surface area contributed by atoms with E-state index in [0.29, 0.717) is 5.65 Å². The van der Waals surface area contributed by atoms with E-state index in [1.807, 2.05) is 0 Å².